The summed E-state index contributed by atoms with van der Waals surface area (Å²) in [5.41, 5.74) is 0. The molecule has 30 heavy (non-hydrogen) atoms. The molecule has 2 heterocycles. The highest BCUT2D eigenvalue weighted by molar-refractivity contribution is 5.86. The average molecular weight is 437 g/mol. The summed E-state index contributed by atoms with van der Waals surface area (Å²) in [6, 6.07) is 0. The van der Waals surface area contributed by atoms with E-state index in [4.69, 9.17) is 23.7 Å². The number of ether oxygens (including phenoxy) is 5. The summed E-state index contributed by atoms with van der Waals surface area (Å²) in [6.07, 6.45) is -10.9. The molecule has 10 atom stereocenters. The van der Waals surface area contributed by atoms with Crippen molar-refractivity contribution < 1.29 is 54.0 Å². The Kier molecular flexibility index (Phi) is 9.56. The van der Waals surface area contributed by atoms with Gasteiger partial charge in [-0.2, -0.15) is 0 Å². The number of aliphatic hydroxyl groups is 5. The highest BCUT2D eigenvalue weighted by Gasteiger charge is 2.50. The summed E-state index contributed by atoms with van der Waals surface area (Å²) in [5.74, 6) is -0.436. The molecule has 2 fully saturated rings. The van der Waals surface area contributed by atoms with Crippen molar-refractivity contribution in [2.24, 2.45) is 0 Å². The molecule has 0 spiro atoms. The number of hydrogen-bond donors (Lipinski definition) is 6. The van der Waals surface area contributed by atoms with Crippen molar-refractivity contribution in [1.29, 1.82) is 0 Å². The second kappa shape index (κ2) is 11.4. The third-order valence-corrected chi connectivity index (χ3v) is 5.12. The van der Waals surface area contributed by atoms with Crippen LogP contribution in [0.4, 0.5) is 0 Å². The average Bonchev–Trinajstić information content (AvgIpc) is 2.74. The van der Waals surface area contributed by atoms with Crippen molar-refractivity contribution in [3.05, 3.63) is 12.7 Å². The Morgan fingerprint density at radius 1 is 1.07 bits per heavy atom. The van der Waals surface area contributed by atoms with Crippen LogP contribution in [0.1, 0.15) is 6.92 Å². The molecule has 0 bridgehead atoms. The molecule has 1 amide bonds. The first kappa shape index (κ1) is 25.1. The molecule has 0 radical (unpaired) electrons. The third-order valence-electron chi connectivity index (χ3n) is 5.12. The van der Waals surface area contributed by atoms with Gasteiger partial charge in [-0.05, 0) is 13.0 Å². The van der Waals surface area contributed by atoms with Gasteiger partial charge in [-0.15, -0.1) is 0 Å². The topological polar surface area (TPSA) is 176 Å². The number of rotatable bonds is 9. The van der Waals surface area contributed by atoms with Crippen LogP contribution in [0.15, 0.2) is 12.7 Å². The van der Waals surface area contributed by atoms with Crippen molar-refractivity contribution >= 4 is 5.91 Å². The molecule has 6 N–H and O–H groups in total. The molecule has 174 valence electrons. The standard InChI is InChI=1S/C18H31NO11/c1-4-11(21)19-7-27-6-10-16(26-3)14(24)15(25)18(29-10)30-17-9(5-20)28-8(2)12(22)13(17)23/h4,8-10,12-18,20,22-25H,1,5-7H2,2-3H3,(H,19,21). The fraction of sp³-hybridized carbons (Fsp3) is 0.833. The fourth-order valence-corrected chi connectivity index (χ4v) is 3.41. The largest absolute Gasteiger partial charge is 0.394 e. The minimum atomic E-state index is -1.56. The molecule has 12 heteroatoms. The maximum atomic E-state index is 11.2. The first-order valence-corrected chi connectivity index (χ1v) is 9.55. The van der Waals surface area contributed by atoms with Gasteiger partial charge < -0.3 is 54.5 Å². The van der Waals surface area contributed by atoms with Crippen molar-refractivity contribution in [3.8, 4) is 0 Å². The highest BCUT2D eigenvalue weighted by atomic mass is 16.7. The van der Waals surface area contributed by atoms with Crippen LogP contribution in [-0.2, 0) is 28.5 Å². The fourth-order valence-electron chi connectivity index (χ4n) is 3.41. The van der Waals surface area contributed by atoms with E-state index in [2.05, 4.69) is 11.9 Å². The van der Waals surface area contributed by atoms with Gasteiger partial charge in [-0.25, -0.2) is 0 Å². The molecule has 2 aliphatic rings. The second-order valence-corrected chi connectivity index (χ2v) is 7.13. The zero-order valence-electron chi connectivity index (χ0n) is 16.9. The van der Waals surface area contributed by atoms with E-state index in [9.17, 15) is 30.3 Å². The molecule has 0 aromatic rings. The van der Waals surface area contributed by atoms with E-state index in [1.165, 1.54) is 14.0 Å². The minimum Gasteiger partial charge on any atom is -0.394 e. The van der Waals surface area contributed by atoms with Crippen molar-refractivity contribution in [3.63, 3.8) is 0 Å². The molecule has 0 saturated carbocycles. The Labute approximate surface area is 173 Å². The Balaban J connectivity index is 2.05. The number of carbonyl (C=O) groups excluding carboxylic acids is 1. The lowest BCUT2D eigenvalue weighted by molar-refractivity contribution is -0.344. The number of hydrogen-bond acceptors (Lipinski definition) is 11. The summed E-state index contributed by atoms with van der Waals surface area (Å²) in [7, 11) is 1.32. The number of aliphatic hydroxyl groups excluding tert-OH is 5. The van der Waals surface area contributed by atoms with E-state index in [1.54, 1.807) is 0 Å². The van der Waals surface area contributed by atoms with E-state index in [0.29, 0.717) is 0 Å². The quantitative estimate of drug-likeness (QED) is 0.120. The van der Waals surface area contributed by atoms with Gasteiger partial charge in [0, 0.05) is 7.11 Å². The predicted molar refractivity (Wildman–Crippen MR) is 98.9 cm³/mol. The summed E-state index contributed by atoms with van der Waals surface area (Å²) < 4.78 is 27.2. The van der Waals surface area contributed by atoms with E-state index in [0.717, 1.165) is 6.08 Å². The second-order valence-electron chi connectivity index (χ2n) is 7.13. The maximum Gasteiger partial charge on any atom is 0.245 e. The van der Waals surface area contributed by atoms with Gasteiger partial charge in [0.15, 0.2) is 6.29 Å². The molecule has 12 nitrogen and oxygen atoms in total. The summed E-state index contributed by atoms with van der Waals surface area (Å²) >= 11 is 0. The van der Waals surface area contributed by atoms with Crippen LogP contribution in [0.5, 0.6) is 0 Å². The van der Waals surface area contributed by atoms with Gasteiger partial charge in [0.1, 0.15) is 55.6 Å². The van der Waals surface area contributed by atoms with Crippen LogP contribution in [0.25, 0.3) is 0 Å². The SMILES string of the molecule is C=CC(=O)NCOCC1OC(OC2C(CO)OC(C)C(O)C2O)C(O)C(O)C1OC. The minimum absolute atomic E-state index is 0.133. The zero-order chi connectivity index (χ0) is 22.4. The van der Waals surface area contributed by atoms with Crippen LogP contribution >= 0.6 is 0 Å². The summed E-state index contributed by atoms with van der Waals surface area (Å²) in [4.78, 5) is 11.2. The lowest BCUT2D eigenvalue weighted by atomic mass is 9.95. The Bertz CT molecular complexity index is 562. The normalized spacial score (nSPS) is 42.0. The van der Waals surface area contributed by atoms with Crippen LogP contribution in [0, 0.1) is 0 Å². The smallest absolute Gasteiger partial charge is 0.245 e. The van der Waals surface area contributed by atoms with Gasteiger partial charge in [0.05, 0.1) is 19.3 Å². The highest BCUT2D eigenvalue weighted by Crippen LogP contribution is 2.29. The van der Waals surface area contributed by atoms with Crippen molar-refractivity contribution in [2.75, 3.05) is 27.1 Å². The van der Waals surface area contributed by atoms with Crippen LogP contribution in [0.3, 0.4) is 0 Å². The molecule has 2 aliphatic heterocycles. The molecular formula is C18H31NO11. The number of amides is 1. The first-order chi connectivity index (χ1) is 14.2. The Morgan fingerprint density at radius 3 is 2.33 bits per heavy atom. The van der Waals surface area contributed by atoms with E-state index < -0.39 is 73.7 Å². The molecule has 10 unspecified atom stereocenters. The van der Waals surface area contributed by atoms with Gasteiger partial charge in [0.25, 0.3) is 0 Å². The lowest BCUT2D eigenvalue weighted by Gasteiger charge is -2.46. The maximum absolute atomic E-state index is 11.2. The van der Waals surface area contributed by atoms with Crippen LogP contribution in [-0.4, -0.2) is 120 Å². The zero-order valence-corrected chi connectivity index (χ0v) is 16.9. The van der Waals surface area contributed by atoms with Gasteiger partial charge >= 0.3 is 0 Å². The lowest BCUT2D eigenvalue weighted by Crippen LogP contribution is -2.64. The van der Waals surface area contributed by atoms with Crippen LogP contribution in [0.2, 0.25) is 0 Å². The Hall–Kier alpha value is -1.19. The molecule has 2 saturated heterocycles. The first-order valence-electron chi connectivity index (χ1n) is 9.55. The van der Waals surface area contributed by atoms with E-state index in [1.807, 2.05) is 0 Å². The molecule has 0 aromatic heterocycles. The number of carbonyl (C=O) groups is 1. The number of nitrogens with one attached hydrogen (secondary N) is 1. The molecule has 0 aliphatic carbocycles. The Morgan fingerprint density at radius 2 is 1.73 bits per heavy atom. The monoisotopic (exact) mass is 437 g/mol. The molecular weight excluding hydrogens is 406 g/mol. The van der Waals surface area contributed by atoms with Gasteiger partial charge in [0.2, 0.25) is 5.91 Å². The van der Waals surface area contributed by atoms with Gasteiger partial charge in [-0.1, -0.05) is 6.58 Å². The summed E-state index contributed by atoms with van der Waals surface area (Å²) in [6.45, 7) is 4.04. The number of methoxy groups -OCH3 is 1. The van der Waals surface area contributed by atoms with E-state index in [-0.39, 0.29) is 13.3 Å². The van der Waals surface area contributed by atoms with Crippen molar-refractivity contribution in [1.82, 2.24) is 5.32 Å². The molecule has 0 aromatic carbocycles. The third kappa shape index (κ3) is 5.73. The predicted octanol–water partition coefficient (Wildman–Crippen LogP) is -3.39. The van der Waals surface area contributed by atoms with Crippen LogP contribution < -0.4 is 5.32 Å². The molecule has 2 rings (SSSR count). The van der Waals surface area contributed by atoms with Crippen molar-refractivity contribution in [2.45, 2.75) is 68.1 Å². The van der Waals surface area contributed by atoms with Gasteiger partial charge in [-0.3, -0.25) is 4.79 Å². The van der Waals surface area contributed by atoms with E-state index >= 15 is 0 Å². The summed E-state index contributed by atoms with van der Waals surface area (Å²) in [5, 5.41) is 53.1.